The van der Waals surface area contributed by atoms with E-state index < -0.39 is 5.97 Å². The van der Waals surface area contributed by atoms with Crippen molar-refractivity contribution in [2.24, 2.45) is 0 Å². The molecule has 0 saturated carbocycles. The summed E-state index contributed by atoms with van der Waals surface area (Å²) in [6, 6.07) is 17.8. The highest BCUT2D eigenvalue weighted by atomic mass is 79.9. The Balaban J connectivity index is 1.54. The van der Waals surface area contributed by atoms with Crippen LogP contribution in [0, 0.1) is 0 Å². The van der Waals surface area contributed by atoms with Crippen LogP contribution in [-0.4, -0.2) is 25.8 Å². The quantitative estimate of drug-likeness (QED) is 0.146. The Morgan fingerprint density at radius 2 is 1.78 bits per heavy atom. The Kier molecular flexibility index (Phi) is 9.21. The molecule has 1 N–H and O–H groups in total. The van der Waals surface area contributed by atoms with E-state index in [4.69, 9.17) is 39.5 Å². The van der Waals surface area contributed by atoms with E-state index >= 15 is 0 Å². The van der Waals surface area contributed by atoms with Gasteiger partial charge in [0.2, 0.25) is 0 Å². The molecular formula is C26H19BrCl3N3O3S. The summed E-state index contributed by atoms with van der Waals surface area (Å²) in [5.74, 6) is 0.153. The van der Waals surface area contributed by atoms with Crippen LogP contribution in [0.15, 0.2) is 75.2 Å². The van der Waals surface area contributed by atoms with Crippen molar-refractivity contribution in [2.75, 3.05) is 0 Å². The van der Waals surface area contributed by atoms with E-state index in [-0.39, 0.29) is 11.5 Å². The van der Waals surface area contributed by atoms with Crippen molar-refractivity contribution in [3.8, 4) is 17.1 Å². The van der Waals surface area contributed by atoms with Crippen LogP contribution in [0.25, 0.3) is 17.5 Å². The molecule has 4 aromatic rings. The highest BCUT2D eigenvalue weighted by molar-refractivity contribution is 9.10. The number of rotatable bonds is 9. The van der Waals surface area contributed by atoms with Crippen LogP contribution < -0.4 is 4.74 Å². The van der Waals surface area contributed by atoms with E-state index in [1.54, 1.807) is 54.6 Å². The van der Waals surface area contributed by atoms with Crippen molar-refractivity contribution >= 4 is 74.5 Å². The van der Waals surface area contributed by atoms with Crippen molar-refractivity contribution in [3.05, 3.63) is 96.2 Å². The number of aliphatic carboxylic acids is 1. The van der Waals surface area contributed by atoms with Crippen molar-refractivity contribution in [1.82, 2.24) is 14.8 Å². The van der Waals surface area contributed by atoms with Crippen LogP contribution in [0.5, 0.6) is 5.75 Å². The highest BCUT2D eigenvalue weighted by Crippen LogP contribution is 2.33. The fourth-order valence-corrected chi connectivity index (χ4v) is 5.35. The Bertz CT molecular complexity index is 1480. The Labute approximate surface area is 241 Å². The SMILES string of the molecule is CCn1c(S/C(=C\c2ccc(OCc3ccc(Cl)cc3Cl)c(Br)c2)C(=O)O)nnc1-c1ccc(Cl)cc1. The molecule has 11 heteroatoms. The number of ether oxygens (including phenoxy) is 1. The van der Waals surface area contributed by atoms with Crippen molar-refractivity contribution in [3.63, 3.8) is 0 Å². The summed E-state index contributed by atoms with van der Waals surface area (Å²) in [5, 5.41) is 20.6. The third kappa shape index (κ3) is 6.89. The fraction of sp³-hybridized carbons (Fsp3) is 0.115. The summed E-state index contributed by atoms with van der Waals surface area (Å²) in [6.07, 6.45) is 1.58. The van der Waals surface area contributed by atoms with Gasteiger partial charge in [-0.05, 0) is 94.8 Å². The predicted molar refractivity (Wildman–Crippen MR) is 153 cm³/mol. The average Bonchev–Trinajstić information content (AvgIpc) is 3.27. The van der Waals surface area contributed by atoms with Crippen LogP contribution in [0.3, 0.4) is 0 Å². The molecular weight excluding hydrogens is 621 g/mol. The summed E-state index contributed by atoms with van der Waals surface area (Å²) < 4.78 is 8.41. The van der Waals surface area contributed by atoms with E-state index in [2.05, 4.69) is 26.1 Å². The lowest BCUT2D eigenvalue weighted by atomic mass is 10.2. The van der Waals surface area contributed by atoms with Crippen LogP contribution in [0.2, 0.25) is 15.1 Å². The van der Waals surface area contributed by atoms with Gasteiger partial charge in [0, 0.05) is 32.7 Å². The molecule has 4 rings (SSSR count). The van der Waals surface area contributed by atoms with Gasteiger partial charge in [-0.3, -0.25) is 0 Å². The Morgan fingerprint density at radius 3 is 2.43 bits per heavy atom. The lowest BCUT2D eigenvalue weighted by molar-refractivity contribution is -0.131. The minimum Gasteiger partial charge on any atom is -0.488 e. The lowest BCUT2D eigenvalue weighted by Gasteiger charge is -2.11. The first kappa shape index (κ1) is 27.5. The second kappa shape index (κ2) is 12.4. The van der Waals surface area contributed by atoms with E-state index in [9.17, 15) is 9.90 Å². The van der Waals surface area contributed by atoms with Gasteiger partial charge in [-0.25, -0.2) is 4.79 Å². The molecule has 1 heterocycles. The predicted octanol–water partition coefficient (Wildman–Crippen LogP) is 8.48. The molecule has 0 radical (unpaired) electrons. The fourth-order valence-electron chi connectivity index (χ4n) is 3.36. The summed E-state index contributed by atoms with van der Waals surface area (Å²) in [4.78, 5) is 12.2. The zero-order valence-electron chi connectivity index (χ0n) is 19.3. The van der Waals surface area contributed by atoms with Crippen molar-refractivity contribution < 1.29 is 14.6 Å². The molecule has 1 aromatic heterocycles. The largest absolute Gasteiger partial charge is 0.488 e. The van der Waals surface area contributed by atoms with Gasteiger partial charge in [-0.1, -0.05) is 46.9 Å². The zero-order valence-corrected chi connectivity index (χ0v) is 24.0. The molecule has 0 aliphatic carbocycles. The maximum absolute atomic E-state index is 12.1. The molecule has 0 bridgehead atoms. The average molecular weight is 640 g/mol. The topological polar surface area (TPSA) is 77.2 Å². The second-order valence-electron chi connectivity index (χ2n) is 7.69. The van der Waals surface area contributed by atoms with Crippen LogP contribution in [-0.2, 0) is 17.9 Å². The maximum Gasteiger partial charge on any atom is 0.342 e. The van der Waals surface area contributed by atoms with Crippen molar-refractivity contribution in [1.29, 1.82) is 0 Å². The number of thioether (sulfide) groups is 1. The molecule has 0 saturated heterocycles. The molecule has 0 aliphatic heterocycles. The van der Waals surface area contributed by atoms with Gasteiger partial charge in [0.05, 0.1) is 4.47 Å². The standard InChI is InChI=1S/C26H19BrCl3N3O3S/c1-2-33-24(16-4-7-18(28)8-5-16)31-32-26(33)37-23(25(34)35)12-15-3-10-22(20(27)11-15)36-14-17-6-9-19(29)13-21(17)30/h3-13H,2,14H2,1H3,(H,34,35)/b23-12-. The number of hydrogen-bond acceptors (Lipinski definition) is 5. The van der Waals surface area contributed by atoms with Crippen LogP contribution in [0.4, 0.5) is 0 Å². The van der Waals surface area contributed by atoms with E-state index in [0.717, 1.165) is 22.9 Å². The molecule has 6 nitrogen and oxygen atoms in total. The van der Waals surface area contributed by atoms with Crippen molar-refractivity contribution in [2.45, 2.75) is 25.2 Å². The monoisotopic (exact) mass is 637 g/mol. The molecule has 0 aliphatic rings. The highest BCUT2D eigenvalue weighted by Gasteiger charge is 2.18. The number of carboxylic acid groups (broad SMARTS) is 1. The first-order chi connectivity index (χ1) is 17.7. The summed E-state index contributed by atoms with van der Waals surface area (Å²) in [6.45, 7) is 2.77. The normalized spacial score (nSPS) is 11.5. The third-order valence-corrected chi connectivity index (χ3v) is 7.66. The molecule has 0 amide bonds. The second-order valence-corrected chi connectivity index (χ2v) is 10.8. The third-order valence-electron chi connectivity index (χ3n) is 5.20. The molecule has 37 heavy (non-hydrogen) atoms. The van der Waals surface area contributed by atoms with Gasteiger partial charge < -0.3 is 14.4 Å². The minimum atomic E-state index is -1.07. The Morgan fingerprint density at radius 1 is 1.05 bits per heavy atom. The minimum absolute atomic E-state index is 0.0956. The summed E-state index contributed by atoms with van der Waals surface area (Å²) in [5.41, 5.74) is 2.31. The number of nitrogens with zero attached hydrogens (tertiary/aromatic N) is 3. The number of carboxylic acids is 1. The lowest BCUT2D eigenvalue weighted by Crippen LogP contribution is -2.03. The molecule has 3 aromatic carbocycles. The van der Waals surface area contributed by atoms with Gasteiger partial charge in [-0.2, -0.15) is 0 Å². The molecule has 190 valence electrons. The molecule has 0 unspecified atom stereocenters. The van der Waals surface area contributed by atoms with Gasteiger partial charge in [0.1, 0.15) is 17.3 Å². The zero-order chi connectivity index (χ0) is 26.5. The number of carbonyl (C=O) groups is 1. The number of aromatic nitrogens is 3. The summed E-state index contributed by atoms with van der Waals surface area (Å²) >= 11 is 22.7. The van der Waals surface area contributed by atoms with Gasteiger partial charge >= 0.3 is 5.97 Å². The molecule has 0 spiro atoms. The first-order valence-electron chi connectivity index (χ1n) is 10.9. The maximum atomic E-state index is 12.1. The van der Waals surface area contributed by atoms with Gasteiger partial charge in [0.15, 0.2) is 11.0 Å². The number of benzene rings is 3. The molecule has 0 atom stereocenters. The number of hydrogen-bond donors (Lipinski definition) is 1. The molecule has 0 fully saturated rings. The van der Waals surface area contributed by atoms with E-state index in [0.29, 0.717) is 48.4 Å². The van der Waals surface area contributed by atoms with E-state index in [1.165, 1.54) is 0 Å². The van der Waals surface area contributed by atoms with Crippen LogP contribution >= 0.6 is 62.5 Å². The van der Waals surface area contributed by atoms with Gasteiger partial charge in [-0.15, -0.1) is 10.2 Å². The first-order valence-corrected chi connectivity index (χ1v) is 13.7. The smallest absolute Gasteiger partial charge is 0.342 e. The van der Waals surface area contributed by atoms with Crippen LogP contribution in [0.1, 0.15) is 18.1 Å². The Hall–Kier alpha value is -2.49. The summed E-state index contributed by atoms with van der Waals surface area (Å²) in [7, 11) is 0. The van der Waals surface area contributed by atoms with E-state index in [1.807, 2.05) is 23.6 Å². The van der Waals surface area contributed by atoms with Gasteiger partial charge in [0.25, 0.3) is 0 Å². The number of halogens is 4.